The Bertz CT molecular complexity index is 797. The van der Waals surface area contributed by atoms with Crippen LogP contribution < -0.4 is 5.73 Å². The standard InChI is InChI=1S/C16H13BrFN3/c1-21-16(19)13(10-6-3-2-4-7-10)15(20-21)11-8-5-9-12(17)14(11)18/h2-9H,19H2,1H3. The van der Waals surface area contributed by atoms with E-state index >= 15 is 0 Å². The number of nitrogens with zero attached hydrogens (tertiary/aromatic N) is 2. The van der Waals surface area contributed by atoms with Crippen molar-refractivity contribution < 1.29 is 4.39 Å². The summed E-state index contributed by atoms with van der Waals surface area (Å²) in [5.74, 6) is 0.170. The Morgan fingerprint density at radius 3 is 2.52 bits per heavy atom. The lowest BCUT2D eigenvalue weighted by Crippen LogP contribution is -1.97. The minimum Gasteiger partial charge on any atom is -0.383 e. The molecular formula is C16H13BrFN3. The molecule has 3 rings (SSSR count). The summed E-state index contributed by atoms with van der Waals surface area (Å²) in [6, 6.07) is 14.8. The topological polar surface area (TPSA) is 43.8 Å². The molecule has 0 saturated heterocycles. The van der Waals surface area contributed by atoms with Crippen molar-refractivity contribution in [3.63, 3.8) is 0 Å². The third-order valence-electron chi connectivity index (χ3n) is 3.36. The van der Waals surface area contributed by atoms with E-state index in [0.29, 0.717) is 21.5 Å². The Kier molecular flexibility index (Phi) is 3.51. The summed E-state index contributed by atoms with van der Waals surface area (Å²) in [7, 11) is 1.75. The zero-order valence-corrected chi connectivity index (χ0v) is 12.9. The fourth-order valence-electron chi connectivity index (χ4n) is 2.30. The third kappa shape index (κ3) is 2.34. The number of hydrogen-bond acceptors (Lipinski definition) is 2. The van der Waals surface area contributed by atoms with Gasteiger partial charge in [0.2, 0.25) is 0 Å². The van der Waals surface area contributed by atoms with Crippen molar-refractivity contribution >= 4 is 21.7 Å². The smallest absolute Gasteiger partial charge is 0.146 e. The van der Waals surface area contributed by atoms with Gasteiger partial charge in [0, 0.05) is 12.6 Å². The second-order valence-electron chi connectivity index (χ2n) is 4.70. The van der Waals surface area contributed by atoms with E-state index in [0.717, 1.165) is 11.1 Å². The highest BCUT2D eigenvalue weighted by molar-refractivity contribution is 9.10. The molecule has 0 aliphatic carbocycles. The monoisotopic (exact) mass is 345 g/mol. The average Bonchev–Trinajstić information content (AvgIpc) is 2.78. The lowest BCUT2D eigenvalue weighted by molar-refractivity contribution is 0.623. The molecule has 1 aromatic heterocycles. The minimum absolute atomic E-state index is 0.340. The van der Waals surface area contributed by atoms with E-state index in [2.05, 4.69) is 21.0 Å². The van der Waals surface area contributed by atoms with Gasteiger partial charge < -0.3 is 5.73 Å². The number of anilines is 1. The summed E-state index contributed by atoms with van der Waals surface area (Å²) in [5, 5.41) is 4.39. The molecule has 106 valence electrons. The summed E-state index contributed by atoms with van der Waals surface area (Å²) in [4.78, 5) is 0. The highest BCUT2D eigenvalue weighted by Gasteiger charge is 2.20. The number of aryl methyl sites for hydroxylation is 1. The summed E-state index contributed by atoms with van der Waals surface area (Å²) < 4.78 is 16.4. The van der Waals surface area contributed by atoms with E-state index in [9.17, 15) is 4.39 Å². The van der Waals surface area contributed by atoms with E-state index in [-0.39, 0.29) is 5.82 Å². The van der Waals surface area contributed by atoms with Crippen molar-refractivity contribution in [1.82, 2.24) is 9.78 Å². The first kappa shape index (κ1) is 13.8. The maximum Gasteiger partial charge on any atom is 0.146 e. The van der Waals surface area contributed by atoms with Crippen LogP contribution in [-0.4, -0.2) is 9.78 Å². The van der Waals surface area contributed by atoms with Gasteiger partial charge in [0.1, 0.15) is 17.3 Å². The van der Waals surface area contributed by atoms with Gasteiger partial charge in [-0.15, -0.1) is 0 Å². The molecule has 0 saturated carbocycles. The van der Waals surface area contributed by atoms with Crippen molar-refractivity contribution in [2.45, 2.75) is 0 Å². The van der Waals surface area contributed by atoms with Gasteiger partial charge in [0.05, 0.1) is 10.0 Å². The normalized spacial score (nSPS) is 10.8. The SMILES string of the molecule is Cn1nc(-c2cccc(Br)c2F)c(-c2ccccc2)c1N. The van der Waals surface area contributed by atoms with Crippen LogP contribution in [0.3, 0.4) is 0 Å². The number of benzene rings is 2. The molecule has 3 nitrogen and oxygen atoms in total. The van der Waals surface area contributed by atoms with Crippen LogP contribution in [0, 0.1) is 5.82 Å². The van der Waals surface area contributed by atoms with Crippen molar-refractivity contribution in [2.75, 3.05) is 5.73 Å². The number of nitrogens with two attached hydrogens (primary N) is 1. The van der Waals surface area contributed by atoms with Gasteiger partial charge in [-0.25, -0.2) is 4.39 Å². The van der Waals surface area contributed by atoms with Gasteiger partial charge in [0.15, 0.2) is 0 Å². The molecule has 3 aromatic rings. The van der Waals surface area contributed by atoms with Crippen molar-refractivity contribution in [3.05, 3.63) is 58.8 Å². The second-order valence-corrected chi connectivity index (χ2v) is 5.55. The molecule has 0 fully saturated rings. The number of halogens is 2. The fraction of sp³-hybridized carbons (Fsp3) is 0.0625. The zero-order chi connectivity index (χ0) is 15.0. The Morgan fingerprint density at radius 2 is 1.81 bits per heavy atom. The van der Waals surface area contributed by atoms with Crippen molar-refractivity contribution in [3.8, 4) is 22.4 Å². The van der Waals surface area contributed by atoms with Crippen LogP contribution in [0.2, 0.25) is 0 Å². The van der Waals surface area contributed by atoms with Crippen LogP contribution in [-0.2, 0) is 7.05 Å². The molecule has 2 N–H and O–H groups in total. The van der Waals surface area contributed by atoms with E-state index in [1.165, 1.54) is 0 Å². The maximum absolute atomic E-state index is 14.4. The van der Waals surface area contributed by atoms with Gasteiger partial charge in [-0.3, -0.25) is 4.68 Å². The van der Waals surface area contributed by atoms with Gasteiger partial charge >= 0.3 is 0 Å². The molecule has 1 heterocycles. The summed E-state index contributed by atoms with van der Waals surface area (Å²) in [5.41, 5.74) is 8.76. The lowest BCUT2D eigenvalue weighted by atomic mass is 10.0. The van der Waals surface area contributed by atoms with Crippen LogP contribution in [0.15, 0.2) is 53.0 Å². The number of hydrogen-bond donors (Lipinski definition) is 1. The minimum atomic E-state index is -0.340. The van der Waals surface area contributed by atoms with E-state index < -0.39 is 0 Å². The quantitative estimate of drug-likeness (QED) is 0.754. The van der Waals surface area contributed by atoms with Crippen LogP contribution in [0.5, 0.6) is 0 Å². The van der Waals surface area contributed by atoms with Gasteiger partial charge in [-0.05, 0) is 33.6 Å². The predicted octanol–water partition coefficient (Wildman–Crippen LogP) is 4.24. The molecule has 5 heteroatoms. The molecule has 0 atom stereocenters. The van der Waals surface area contributed by atoms with Gasteiger partial charge in [0.25, 0.3) is 0 Å². The summed E-state index contributed by atoms with van der Waals surface area (Å²) in [6.07, 6.45) is 0. The van der Waals surface area contributed by atoms with Crippen LogP contribution in [0.25, 0.3) is 22.4 Å². The van der Waals surface area contributed by atoms with Crippen LogP contribution >= 0.6 is 15.9 Å². The molecule has 21 heavy (non-hydrogen) atoms. The molecule has 0 spiro atoms. The highest BCUT2D eigenvalue weighted by Crippen LogP contribution is 2.37. The molecule has 0 unspecified atom stereocenters. The molecular weight excluding hydrogens is 333 g/mol. The molecule has 0 amide bonds. The van der Waals surface area contributed by atoms with Gasteiger partial charge in [-0.1, -0.05) is 36.4 Å². The van der Waals surface area contributed by atoms with Crippen molar-refractivity contribution in [2.24, 2.45) is 7.05 Å². The maximum atomic E-state index is 14.4. The van der Waals surface area contributed by atoms with E-state index in [1.807, 2.05) is 30.3 Å². The highest BCUT2D eigenvalue weighted by atomic mass is 79.9. The molecule has 0 aliphatic rings. The fourth-order valence-corrected chi connectivity index (χ4v) is 2.67. The van der Waals surface area contributed by atoms with Crippen LogP contribution in [0.4, 0.5) is 10.2 Å². The Labute approximate surface area is 130 Å². The largest absolute Gasteiger partial charge is 0.383 e. The second kappa shape index (κ2) is 5.33. The Balaban J connectivity index is 2.30. The number of nitrogen functional groups attached to an aromatic ring is 1. The summed E-state index contributed by atoms with van der Waals surface area (Å²) >= 11 is 3.21. The number of aromatic nitrogens is 2. The molecule has 0 bridgehead atoms. The molecule has 0 aliphatic heterocycles. The molecule has 2 aromatic carbocycles. The third-order valence-corrected chi connectivity index (χ3v) is 3.97. The zero-order valence-electron chi connectivity index (χ0n) is 11.3. The van der Waals surface area contributed by atoms with E-state index in [1.54, 1.807) is 29.9 Å². The first-order valence-corrected chi connectivity index (χ1v) is 7.21. The van der Waals surface area contributed by atoms with Gasteiger partial charge in [-0.2, -0.15) is 5.10 Å². The average molecular weight is 346 g/mol. The molecule has 0 radical (unpaired) electrons. The van der Waals surface area contributed by atoms with Crippen LogP contribution in [0.1, 0.15) is 0 Å². The number of rotatable bonds is 2. The summed E-state index contributed by atoms with van der Waals surface area (Å²) in [6.45, 7) is 0. The first-order chi connectivity index (χ1) is 10.1. The lowest BCUT2D eigenvalue weighted by Gasteiger charge is -2.06. The Hall–Kier alpha value is -2.14. The first-order valence-electron chi connectivity index (χ1n) is 6.42. The predicted molar refractivity (Wildman–Crippen MR) is 86.2 cm³/mol. The Morgan fingerprint density at radius 1 is 1.10 bits per heavy atom. The van der Waals surface area contributed by atoms with E-state index in [4.69, 9.17) is 5.73 Å². The van der Waals surface area contributed by atoms with Crippen molar-refractivity contribution in [1.29, 1.82) is 0 Å².